The van der Waals surface area contributed by atoms with Crippen molar-refractivity contribution in [2.75, 3.05) is 0 Å². The average molecular weight is 252 g/mol. The summed E-state index contributed by atoms with van der Waals surface area (Å²) in [5.74, 6) is 0. The van der Waals surface area contributed by atoms with Crippen LogP contribution >= 0.6 is 15.9 Å². The molecule has 1 rings (SSSR count). The maximum absolute atomic E-state index is 12.4. The lowest BCUT2D eigenvalue weighted by Gasteiger charge is -2.00. The summed E-state index contributed by atoms with van der Waals surface area (Å²) in [6.07, 6.45) is 0. The number of hydrogen-bond acceptors (Lipinski definition) is 2. The highest BCUT2D eigenvalue weighted by molar-refractivity contribution is 9.12. The first kappa shape index (κ1) is 9.67. The van der Waals surface area contributed by atoms with Crippen LogP contribution in [-0.4, -0.2) is 8.42 Å². The van der Waals surface area contributed by atoms with E-state index in [2.05, 4.69) is 15.9 Å². The van der Waals surface area contributed by atoms with Crippen molar-refractivity contribution in [2.24, 2.45) is 0 Å². The van der Waals surface area contributed by atoms with Gasteiger partial charge >= 0.3 is 4.41 Å². The summed E-state index contributed by atoms with van der Waals surface area (Å²) in [4.78, 5) is -0.0561. The highest BCUT2D eigenvalue weighted by Crippen LogP contribution is 2.26. The molecule has 1 aromatic carbocycles. The summed E-state index contributed by atoms with van der Waals surface area (Å²) < 4.78 is 33.3. The molecule has 0 heterocycles. The van der Waals surface area contributed by atoms with Crippen LogP contribution in [0.5, 0.6) is 0 Å². The summed E-state index contributed by atoms with van der Waals surface area (Å²) in [7, 11) is -3.91. The number of rotatable bonds is 2. The van der Waals surface area contributed by atoms with Crippen LogP contribution in [0.3, 0.4) is 0 Å². The van der Waals surface area contributed by atoms with Crippen LogP contribution in [0.1, 0.15) is 0 Å². The van der Waals surface area contributed by atoms with Crippen LogP contribution in [0.15, 0.2) is 35.2 Å². The third-order valence-corrected chi connectivity index (χ3v) is 3.83. The molecular weight excluding hydrogens is 247 g/mol. The first-order valence-electron chi connectivity index (χ1n) is 3.03. The molecule has 0 atom stereocenters. The van der Waals surface area contributed by atoms with E-state index in [1.54, 1.807) is 6.07 Å². The second-order valence-corrected chi connectivity index (χ2v) is 5.10. The van der Waals surface area contributed by atoms with Gasteiger partial charge in [-0.1, -0.05) is 18.2 Å². The first-order valence-corrected chi connectivity index (χ1v) is 5.31. The summed E-state index contributed by atoms with van der Waals surface area (Å²) >= 11 is 2.29. The van der Waals surface area contributed by atoms with E-state index in [0.717, 1.165) is 0 Å². The summed E-state index contributed by atoms with van der Waals surface area (Å²) in [6, 6.07) is 7.38. The summed E-state index contributed by atoms with van der Waals surface area (Å²) in [6.45, 7) is 0. The van der Waals surface area contributed by atoms with Gasteiger partial charge in [0, 0.05) is 0 Å². The second kappa shape index (κ2) is 3.53. The molecule has 0 saturated carbocycles. The molecule has 0 amide bonds. The Balaban J connectivity index is 3.17. The number of hydrogen-bond donors (Lipinski definition) is 0. The largest absolute Gasteiger partial charge is 0.326 e. The van der Waals surface area contributed by atoms with E-state index in [0.29, 0.717) is 0 Å². The third kappa shape index (κ3) is 1.84. The van der Waals surface area contributed by atoms with Gasteiger partial charge in [0.2, 0.25) is 9.84 Å². The molecule has 0 bridgehead atoms. The van der Waals surface area contributed by atoms with Crippen LogP contribution in [0.4, 0.5) is 4.39 Å². The molecule has 65 valence electrons. The Kier molecular flexibility index (Phi) is 2.85. The number of halogens is 2. The number of sulfone groups is 1. The minimum atomic E-state index is -3.91. The zero-order valence-corrected chi connectivity index (χ0v) is 8.27. The molecule has 1 radical (unpaired) electrons. The van der Waals surface area contributed by atoms with Gasteiger partial charge in [-0.25, -0.2) is 12.8 Å². The summed E-state index contributed by atoms with van der Waals surface area (Å²) in [5.41, 5.74) is 0. The van der Waals surface area contributed by atoms with E-state index in [1.807, 2.05) is 0 Å². The van der Waals surface area contributed by atoms with Gasteiger partial charge in [-0.3, -0.25) is 0 Å². The van der Waals surface area contributed by atoms with E-state index in [9.17, 15) is 12.8 Å². The van der Waals surface area contributed by atoms with Crippen LogP contribution in [-0.2, 0) is 9.84 Å². The average Bonchev–Trinajstić information content (AvgIpc) is 2.06. The highest BCUT2D eigenvalue weighted by atomic mass is 79.9. The fraction of sp³-hybridized carbons (Fsp3) is 0. The molecule has 5 heteroatoms. The zero-order chi connectivity index (χ0) is 9.19. The van der Waals surface area contributed by atoms with Crippen LogP contribution < -0.4 is 0 Å². The van der Waals surface area contributed by atoms with Gasteiger partial charge in [-0.2, -0.15) is 0 Å². The highest BCUT2D eigenvalue weighted by Gasteiger charge is 2.25. The molecule has 2 nitrogen and oxygen atoms in total. The Hall–Kier alpha value is -0.420. The van der Waals surface area contributed by atoms with Crippen LogP contribution in [0, 0.1) is 4.41 Å². The molecule has 0 unspecified atom stereocenters. The first-order chi connectivity index (χ1) is 5.55. The minimum absolute atomic E-state index is 0.0561. The summed E-state index contributed by atoms with van der Waals surface area (Å²) in [5, 5.41) is 0. The Morgan fingerprint density at radius 3 is 2.17 bits per heavy atom. The minimum Gasteiger partial charge on any atom is -0.219 e. The fourth-order valence-electron chi connectivity index (χ4n) is 0.689. The van der Waals surface area contributed by atoms with Gasteiger partial charge < -0.3 is 0 Å². The van der Waals surface area contributed by atoms with Gasteiger partial charge in [-0.05, 0) is 28.1 Å². The van der Waals surface area contributed by atoms with Crippen molar-refractivity contribution in [1.29, 1.82) is 0 Å². The lowest BCUT2D eigenvalue weighted by molar-refractivity contribution is 0.567. The van der Waals surface area contributed by atoms with E-state index in [-0.39, 0.29) is 4.90 Å². The van der Waals surface area contributed by atoms with Gasteiger partial charge in [-0.15, -0.1) is 0 Å². The molecule has 0 N–H and O–H groups in total. The quantitative estimate of drug-likeness (QED) is 0.809. The Bertz CT molecular complexity index is 347. The van der Waals surface area contributed by atoms with E-state index >= 15 is 0 Å². The van der Waals surface area contributed by atoms with Crippen LogP contribution in [0.2, 0.25) is 0 Å². The molecule has 0 spiro atoms. The smallest absolute Gasteiger partial charge is 0.219 e. The lowest BCUT2D eigenvalue weighted by atomic mass is 10.4. The van der Waals surface area contributed by atoms with Crippen molar-refractivity contribution < 1.29 is 12.8 Å². The lowest BCUT2D eigenvalue weighted by Crippen LogP contribution is -2.02. The van der Waals surface area contributed by atoms with Gasteiger partial charge in [0.15, 0.2) is 0 Å². The Labute approximate surface area is 78.5 Å². The standard InChI is InChI=1S/C7H5BrFO2S/c8-7(9)12(10,11)6-4-2-1-3-5-6/h1-5H. The van der Waals surface area contributed by atoms with Crippen molar-refractivity contribution in [1.82, 2.24) is 0 Å². The molecule has 0 aliphatic carbocycles. The molecule has 12 heavy (non-hydrogen) atoms. The van der Waals surface area contributed by atoms with E-state index in [4.69, 9.17) is 0 Å². The molecule has 0 aliphatic heterocycles. The van der Waals surface area contributed by atoms with Gasteiger partial charge in [0.25, 0.3) is 0 Å². The second-order valence-electron chi connectivity index (χ2n) is 2.04. The number of benzene rings is 1. The Morgan fingerprint density at radius 1 is 1.25 bits per heavy atom. The molecule has 0 aliphatic rings. The van der Waals surface area contributed by atoms with Crippen molar-refractivity contribution in [3.8, 4) is 0 Å². The van der Waals surface area contributed by atoms with Crippen molar-refractivity contribution in [2.45, 2.75) is 4.90 Å². The predicted molar refractivity (Wildman–Crippen MR) is 46.9 cm³/mol. The molecule has 0 fully saturated rings. The monoisotopic (exact) mass is 251 g/mol. The Morgan fingerprint density at radius 2 is 1.75 bits per heavy atom. The third-order valence-electron chi connectivity index (χ3n) is 1.26. The van der Waals surface area contributed by atoms with Gasteiger partial charge in [0.1, 0.15) is 0 Å². The normalized spacial score (nSPS) is 11.9. The van der Waals surface area contributed by atoms with Gasteiger partial charge in [0.05, 0.1) is 4.90 Å². The molecular formula is C7H5BrFO2S. The zero-order valence-electron chi connectivity index (χ0n) is 5.87. The maximum Gasteiger partial charge on any atom is 0.326 e. The van der Waals surface area contributed by atoms with Crippen molar-refractivity contribution >= 4 is 25.8 Å². The molecule has 1 aromatic rings. The molecule has 0 aromatic heterocycles. The van der Waals surface area contributed by atoms with Crippen molar-refractivity contribution in [3.05, 3.63) is 34.7 Å². The fourth-order valence-corrected chi connectivity index (χ4v) is 1.94. The predicted octanol–water partition coefficient (Wildman–Crippen LogP) is 2.27. The topological polar surface area (TPSA) is 34.1 Å². The van der Waals surface area contributed by atoms with Crippen molar-refractivity contribution in [3.63, 3.8) is 0 Å². The SMILES string of the molecule is O=S(=O)([C](F)Br)c1ccccc1. The van der Waals surface area contributed by atoms with E-state index in [1.165, 1.54) is 24.3 Å². The van der Waals surface area contributed by atoms with E-state index < -0.39 is 14.3 Å². The molecule has 0 saturated heterocycles. The van der Waals surface area contributed by atoms with Crippen LogP contribution in [0.25, 0.3) is 0 Å². The maximum atomic E-state index is 12.4.